The number of halogens is 1. The van der Waals surface area contributed by atoms with Gasteiger partial charge in [0.25, 0.3) is 5.91 Å². The molecule has 6 heteroatoms. The Morgan fingerprint density at radius 2 is 1.78 bits per heavy atom. The Balaban J connectivity index is 1.64. The van der Waals surface area contributed by atoms with Gasteiger partial charge in [-0.1, -0.05) is 17.7 Å². The van der Waals surface area contributed by atoms with Crippen LogP contribution in [0.3, 0.4) is 0 Å². The molecule has 0 spiro atoms. The molecular weight excluding hydrogens is 297 g/mol. The van der Waals surface area contributed by atoms with Crippen LogP contribution >= 0.6 is 0 Å². The Kier molecular flexibility index (Phi) is 4.14. The summed E-state index contributed by atoms with van der Waals surface area (Å²) in [5, 5.41) is 10.5. The summed E-state index contributed by atoms with van der Waals surface area (Å²) < 4.78 is 18.3. The van der Waals surface area contributed by atoms with Gasteiger partial charge in [-0.25, -0.2) is 4.39 Å². The Morgan fingerprint density at radius 3 is 2.48 bits per heavy atom. The number of hydrogen-bond donors (Lipinski definition) is 1. The van der Waals surface area contributed by atoms with Crippen molar-refractivity contribution in [2.45, 2.75) is 13.5 Å². The van der Waals surface area contributed by atoms with Crippen molar-refractivity contribution in [2.24, 2.45) is 0 Å². The maximum atomic E-state index is 12.9. The largest absolute Gasteiger partial charge is 0.419 e. The lowest BCUT2D eigenvalue weighted by molar-refractivity contribution is 0.0947. The summed E-state index contributed by atoms with van der Waals surface area (Å²) in [5.74, 6) is 0.0137. The standard InChI is InChI=1S/C17H14FN3O2/c1-11-2-4-12(5-3-11)16(22)19-10-15-20-21-17(23-15)13-6-8-14(18)9-7-13/h2-9H,10H2,1H3,(H,19,22). The van der Waals surface area contributed by atoms with Crippen molar-refractivity contribution in [1.82, 2.24) is 15.5 Å². The molecule has 0 fully saturated rings. The molecule has 1 heterocycles. The van der Waals surface area contributed by atoms with E-state index in [0.717, 1.165) is 5.56 Å². The van der Waals surface area contributed by atoms with Crippen molar-refractivity contribution in [3.05, 3.63) is 71.4 Å². The molecule has 23 heavy (non-hydrogen) atoms. The lowest BCUT2D eigenvalue weighted by Gasteiger charge is -2.02. The van der Waals surface area contributed by atoms with Gasteiger partial charge < -0.3 is 9.73 Å². The second kappa shape index (κ2) is 6.39. The zero-order valence-electron chi connectivity index (χ0n) is 12.4. The van der Waals surface area contributed by atoms with Crippen LogP contribution in [-0.4, -0.2) is 16.1 Å². The molecule has 1 aromatic heterocycles. The summed E-state index contributed by atoms with van der Waals surface area (Å²) in [6, 6.07) is 13.0. The highest BCUT2D eigenvalue weighted by molar-refractivity contribution is 5.94. The van der Waals surface area contributed by atoms with E-state index in [9.17, 15) is 9.18 Å². The van der Waals surface area contributed by atoms with Gasteiger partial charge in [0.15, 0.2) is 0 Å². The molecule has 2 aromatic carbocycles. The third-order valence-electron chi connectivity index (χ3n) is 3.27. The Hall–Kier alpha value is -3.02. The van der Waals surface area contributed by atoms with E-state index in [4.69, 9.17) is 4.42 Å². The number of carbonyl (C=O) groups excluding carboxylic acids is 1. The highest BCUT2D eigenvalue weighted by Crippen LogP contribution is 2.17. The molecule has 0 aliphatic rings. The summed E-state index contributed by atoms with van der Waals surface area (Å²) in [5.41, 5.74) is 2.27. The fourth-order valence-electron chi connectivity index (χ4n) is 2.00. The second-order valence-electron chi connectivity index (χ2n) is 5.06. The first-order valence-electron chi connectivity index (χ1n) is 7.05. The number of aromatic nitrogens is 2. The molecule has 3 aromatic rings. The summed E-state index contributed by atoms with van der Waals surface area (Å²) >= 11 is 0. The van der Waals surface area contributed by atoms with Crippen molar-refractivity contribution >= 4 is 5.91 Å². The number of rotatable bonds is 4. The van der Waals surface area contributed by atoms with Crippen LogP contribution in [-0.2, 0) is 6.54 Å². The molecule has 0 saturated heterocycles. The Labute approximate surface area is 132 Å². The fraction of sp³-hybridized carbons (Fsp3) is 0.118. The molecule has 1 N–H and O–H groups in total. The van der Waals surface area contributed by atoms with Gasteiger partial charge in [-0.2, -0.15) is 0 Å². The summed E-state index contributed by atoms with van der Waals surface area (Å²) in [4.78, 5) is 12.0. The molecule has 1 amide bonds. The predicted octanol–water partition coefficient (Wildman–Crippen LogP) is 3.11. The average molecular weight is 311 g/mol. The molecule has 5 nitrogen and oxygen atoms in total. The minimum absolute atomic E-state index is 0.126. The third kappa shape index (κ3) is 3.60. The number of nitrogens with zero attached hydrogens (tertiary/aromatic N) is 2. The van der Waals surface area contributed by atoms with Crippen LogP contribution in [0.25, 0.3) is 11.5 Å². The van der Waals surface area contributed by atoms with Gasteiger partial charge in [0.2, 0.25) is 11.8 Å². The predicted molar refractivity (Wildman–Crippen MR) is 82.0 cm³/mol. The van der Waals surface area contributed by atoms with Crippen molar-refractivity contribution in [3.8, 4) is 11.5 Å². The molecule has 0 aliphatic carbocycles. The first-order chi connectivity index (χ1) is 11.1. The van der Waals surface area contributed by atoms with E-state index in [1.54, 1.807) is 24.3 Å². The molecule has 0 atom stereocenters. The van der Waals surface area contributed by atoms with Crippen molar-refractivity contribution in [3.63, 3.8) is 0 Å². The molecule has 0 unspecified atom stereocenters. The lowest BCUT2D eigenvalue weighted by atomic mass is 10.1. The van der Waals surface area contributed by atoms with Crippen LogP contribution in [0.15, 0.2) is 52.9 Å². The number of amides is 1. The minimum atomic E-state index is -0.334. The Morgan fingerprint density at radius 1 is 1.09 bits per heavy atom. The van der Waals surface area contributed by atoms with Gasteiger partial charge in [0.1, 0.15) is 5.82 Å². The van der Waals surface area contributed by atoms with Crippen LogP contribution in [0.5, 0.6) is 0 Å². The van der Waals surface area contributed by atoms with E-state index in [-0.39, 0.29) is 30.1 Å². The van der Waals surface area contributed by atoms with Crippen molar-refractivity contribution in [2.75, 3.05) is 0 Å². The topological polar surface area (TPSA) is 68.0 Å². The van der Waals surface area contributed by atoms with E-state index in [2.05, 4.69) is 15.5 Å². The molecule has 0 aliphatic heterocycles. The molecule has 0 saturated carbocycles. The van der Waals surface area contributed by atoms with Gasteiger partial charge in [-0.05, 0) is 43.3 Å². The number of benzene rings is 2. The molecular formula is C17H14FN3O2. The van der Waals surface area contributed by atoms with E-state index < -0.39 is 0 Å². The molecule has 0 radical (unpaired) electrons. The van der Waals surface area contributed by atoms with Crippen molar-refractivity contribution in [1.29, 1.82) is 0 Å². The number of nitrogens with one attached hydrogen (secondary N) is 1. The number of aryl methyl sites for hydroxylation is 1. The molecule has 3 rings (SSSR count). The number of carbonyl (C=O) groups is 1. The van der Waals surface area contributed by atoms with E-state index >= 15 is 0 Å². The van der Waals surface area contributed by atoms with Crippen LogP contribution < -0.4 is 5.32 Å². The normalized spacial score (nSPS) is 10.5. The SMILES string of the molecule is Cc1ccc(C(=O)NCc2nnc(-c3ccc(F)cc3)o2)cc1. The zero-order chi connectivity index (χ0) is 16.2. The minimum Gasteiger partial charge on any atom is -0.419 e. The maximum absolute atomic E-state index is 12.9. The van der Waals surface area contributed by atoms with Gasteiger partial charge >= 0.3 is 0 Å². The van der Waals surface area contributed by atoms with Gasteiger partial charge in [0.05, 0.1) is 6.54 Å². The first kappa shape index (κ1) is 14.9. The highest BCUT2D eigenvalue weighted by atomic mass is 19.1. The second-order valence-corrected chi connectivity index (χ2v) is 5.06. The zero-order valence-corrected chi connectivity index (χ0v) is 12.4. The lowest BCUT2D eigenvalue weighted by Crippen LogP contribution is -2.22. The van der Waals surface area contributed by atoms with E-state index in [1.165, 1.54) is 12.1 Å². The van der Waals surface area contributed by atoms with E-state index in [0.29, 0.717) is 11.1 Å². The highest BCUT2D eigenvalue weighted by Gasteiger charge is 2.10. The monoisotopic (exact) mass is 311 g/mol. The first-order valence-corrected chi connectivity index (χ1v) is 7.05. The van der Waals surface area contributed by atoms with Crippen LogP contribution in [0.1, 0.15) is 21.8 Å². The third-order valence-corrected chi connectivity index (χ3v) is 3.27. The van der Waals surface area contributed by atoms with Crippen LogP contribution in [0, 0.1) is 12.7 Å². The molecule has 0 bridgehead atoms. The summed E-state index contributed by atoms with van der Waals surface area (Å²) in [7, 11) is 0. The van der Waals surface area contributed by atoms with Crippen LogP contribution in [0.2, 0.25) is 0 Å². The number of hydrogen-bond acceptors (Lipinski definition) is 4. The van der Waals surface area contributed by atoms with E-state index in [1.807, 2.05) is 19.1 Å². The molecule has 116 valence electrons. The quantitative estimate of drug-likeness (QED) is 0.804. The maximum Gasteiger partial charge on any atom is 0.251 e. The van der Waals surface area contributed by atoms with Crippen LogP contribution in [0.4, 0.5) is 4.39 Å². The summed E-state index contributed by atoms with van der Waals surface area (Å²) in [6.45, 7) is 2.08. The summed E-state index contributed by atoms with van der Waals surface area (Å²) in [6.07, 6.45) is 0. The van der Waals surface area contributed by atoms with Gasteiger partial charge in [-0.3, -0.25) is 4.79 Å². The van der Waals surface area contributed by atoms with Crippen molar-refractivity contribution < 1.29 is 13.6 Å². The van der Waals surface area contributed by atoms with Gasteiger partial charge in [-0.15, -0.1) is 10.2 Å². The average Bonchev–Trinajstić information content (AvgIpc) is 3.03. The smallest absolute Gasteiger partial charge is 0.251 e. The fourth-order valence-corrected chi connectivity index (χ4v) is 2.00. The van der Waals surface area contributed by atoms with Gasteiger partial charge in [0, 0.05) is 11.1 Å². The Bertz CT molecular complexity index is 811.